The summed E-state index contributed by atoms with van der Waals surface area (Å²) in [7, 11) is 0. The lowest BCUT2D eigenvalue weighted by Crippen LogP contribution is -2.20. The van der Waals surface area contributed by atoms with Crippen LogP contribution >= 0.6 is 0 Å². The molecule has 1 aliphatic rings. The number of rotatable bonds is 9. The van der Waals surface area contributed by atoms with Gasteiger partial charge in [-0.2, -0.15) is 0 Å². The molecule has 29 heavy (non-hydrogen) atoms. The van der Waals surface area contributed by atoms with E-state index in [1.54, 1.807) is 0 Å². The molecule has 0 aliphatic heterocycles. The second-order valence-electron chi connectivity index (χ2n) is 9.39. The summed E-state index contributed by atoms with van der Waals surface area (Å²) in [5.74, 6) is 1.40. The summed E-state index contributed by atoms with van der Waals surface area (Å²) < 4.78 is 6.39. The van der Waals surface area contributed by atoms with E-state index in [0.717, 1.165) is 31.4 Å². The Balaban J connectivity index is 1.84. The molecule has 2 heteroatoms. The van der Waals surface area contributed by atoms with Crippen molar-refractivity contribution < 1.29 is 9.84 Å². The van der Waals surface area contributed by atoms with E-state index in [2.05, 4.69) is 63.2 Å². The third kappa shape index (κ3) is 6.09. The highest BCUT2D eigenvalue weighted by molar-refractivity contribution is 5.43. The lowest BCUT2D eigenvalue weighted by Gasteiger charge is -2.30. The molecule has 0 bridgehead atoms. The first-order chi connectivity index (χ1) is 14.0. The zero-order valence-electron chi connectivity index (χ0n) is 18.5. The number of hydrogen-bond acceptors (Lipinski definition) is 2. The zero-order valence-corrected chi connectivity index (χ0v) is 18.5. The van der Waals surface area contributed by atoms with Crippen molar-refractivity contribution in [3.8, 4) is 5.75 Å². The molecule has 2 nitrogen and oxygen atoms in total. The van der Waals surface area contributed by atoms with E-state index < -0.39 is 0 Å². The molecule has 2 atom stereocenters. The van der Waals surface area contributed by atoms with E-state index >= 15 is 0 Å². The van der Waals surface area contributed by atoms with Crippen molar-refractivity contribution >= 4 is 0 Å². The topological polar surface area (TPSA) is 29.5 Å². The Hall–Kier alpha value is -1.80. The first kappa shape index (κ1) is 21.9. The molecule has 0 spiro atoms. The SMILES string of the molecule is CCCCCC(C)(C)c1ccc([C@@H]2CCC[C@H](O)C2)c(OCc2ccccc2)c1. The van der Waals surface area contributed by atoms with Gasteiger partial charge in [0.15, 0.2) is 0 Å². The second kappa shape index (κ2) is 10.3. The lowest BCUT2D eigenvalue weighted by atomic mass is 9.77. The van der Waals surface area contributed by atoms with Gasteiger partial charge in [0.25, 0.3) is 0 Å². The van der Waals surface area contributed by atoms with Crippen LogP contribution in [0.1, 0.15) is 94.7 Å². The van der Waals surface area contributed by atoms with Crippen LogP contribution < -0.4 is 4.74 Å². The zero-order chi connectivity index (χ0) is 20.7. The highest BCUT2D eigenvalue weighted by Crippen LogP contribution is 2.40. The molecule has 1 fully saturated rings. The largest absolute Gasteiger partial charge is 0.489 e. The van der Waals surface area contributed by atoms with Crippen LogP contribution in [0, 0.1) is 0 Å². The van der Waals surface area contributed by atoms with Crippen molar-refractivity contribution in [2.45, 2.75) is 96.2 Å². The highest BCUT2D eigenvalue weighted by Gasteiger charge is 2.27. The molecule has 2 aromatic carbocycles. The van der Waals surface area contributed by atoms with E-state index in [-0.39, 0.29) is 11.5 Å². The van der Waals surface area contributed by atoms with E-state index in [9.17, 15) is 5.11 Å². The molecular formula is C27H38O2. The van der Waals surface area contributed by atoms with Crippen LogP contribution in [0.25, 0.3) is 0 Å². The van der Waals surface area contributed by atoms with Gasteiger partial charge in [-0.25, -0.2) is 0 Å². The van der Waals surface area contributed by atoms with Gasteiger partial charge in [0.2, 0.25) is 0 Å². The summed E-state index contributed by atoms with van der Waals surface area (Å²) in [6.45, 7) is 7.55. The molecule has 1 N–H and O–H groups in total. The number of aliphatic hydroxyl groups excluding tert-OH is 1. The molecule has 3 rings (SSSR count). The van der Waals surface area contributed by atoms with Crippen molar-refractivity contribution in [3.05, 3.63) is 65.2 Å². The molecular weight excluding hydrogens is 356 g/mol. The van der Waals surface area contributed by atoms with Gasteiger partial charge in [0.1, 0.15) is 12.4 Å². The number of aliphatic hydroxyl groups is 1. The molecule has 0 amide bonds. The van der Waals surface area contributed by atoms with Crippen LogP contribution in [0.15, 0.2) is 48.5 Å². The van der Waals surface area contributed by atoms with E-state index in [4.69, 9.17) is 4.74 Å². The average molecular weight is 395 g/mol. The number of unbranched alkanes of at least 4 members (excludes halogenated alkanes) is 2. The summed E-state index contributed by atoms with van der Waals surface area (Å²) in [6.07, 6.45) is 8.83. The molecule has 0 unspecified atom stereocenters. The minimum absolute atomic E-state index is 0.143. The van der Waals surface area contributed by atoms with E-state index in [1.165, 1.54) is 42.4 Å². The molecule has 2 aromatic rings. The molecule has 0 aromatic heterocycles. The summed E-state index contributed by atoms with van der Waals surface area (Å²) >= 11 is 0. The Morgan fingerprint density at radius 2 is 1.83 bits per heavy atom. The molecule has 1 aliphatic carbocycles. The van der Waals surface area contributed by atoms with Gasteiger partial charge in [-0.05, 0) is 59.8 Å². The highest BCUT2D eigenvalue weighted by atomic mass is 16.5. The third-order valence-electron chi connectivity index (χ3n) is 6.52. The van der Waals surface area contributed by atoms with Gasteiger partial charge in [-0.15, -0.1) is 0 Å². The molecule has 158 valence electrons. The van der Waals surface area contributed by atoms with Crippen molar-refractivity contribution in [1.29, 1.82) is 0 Å². The second-order valence-corrected chi connectivity index (χ2v) is 9.39. The maximum absolute atomic E-state index is 10.2. The van der Waals surface area contributed by atoms with Crippen LogP contribution in [-0.4, -0.2) is 11.2 Å². The van der Waals surface area contributed by atoms with Gasteiger partial charge in [0.05, 0.1) is 6.10 Å². The summed E-state index contributed by atoms with van der Waals surface area (Å²) in [5.41, 5.74) is 3.96. The number of ether oxygens (including phenoxy) is 1. The van der Waals surface area contributed by atoms with E-state index in [1.807, 2.05) is 6.07 Å². The normalized spacial score (nSPS) is 19.9. The predicted octanol–water partition coefficient (Wildman–Crippen LogP) is 7.14. The monoisotopic (exact) mass is 394 g/mol. The molecule has 0 saturated heterocycles. The van der Waals surface area contributed by atoms with Gasteiger partial charge >= 0.3 is 0 Å². The standard InChI is InChI=1S/C27H38O2/c1-4-5-9-17-27(2,3)23-15-16-25(22-13-10-14-24(28)18-22)26(19-23)29-20-21-11-7-6-8-12-21/h6-8,11-12,15-16,19,22,24,28H,4-5,9-10,13-14,17-18,20H2,1-3H3/t22-,24+/m1/s1. The van der Waals surface area contributed by atoms with Crippen molar-refractivity contribution in [3.63, 3.8) is 0 Å². The van der Waals surface area contributed by atoms with Crippen molar-refractivity contribution in [2.24, 2.45) is 0 Å². The maximum Gasteiger partial charge on any atom is 0.123 e. The maximum atomic E-state index is 10.2. The van der Waals surface area contributed by atoms with Crippen LogP contribution in [0.5, 0.6) is 5.75 Å². The first-order valence-corrected chi connectivity index (χ1v) is 11.5. The average Bonchev–Trinajstić information content (AvgIpc) is 2.73. The van der Waals surface area contributed by atoms with Gasteiger partial charge in [0, 0.05) is 0 Å². The quantitative estimate of drug-likeness (QED) is 0.458. The van der Waals surface area contributed by atoms with E-state index in [0.29, 0.717) is 12.5 Å². The minimum atomic E-state index is -0.180. The Labute approximate surface area is 177 Å². The Morgan fingerprint density at radius 1 is 1.03 bits per heavy atom. The Kier molecular flexibility index (Phi) is 7.77. The first-order valence-electron chi connectivity index (χ1n) is 11.5. The van der Waals surface area contributed by atoms with Crippen LogP contribution in [0.2, 0.25) is 0 Å². The number of hydrogen-bond donors (Lipinski definition) is 1. The van der Waals surface area contributed by atoms with Crippen molar-refractivity contribution in [2.75, 3.05) is 0 Å². The third-order valence-corrected chi connectivity index (χ3v) is 6.52. The Bertz CT molecular complexity index is 750. The molecule has 0 radical (unpaired) electrons. The lowest BCUT2D eigenvalue weighted by molar-refractivity contribution is 0.118. The van der Waals surface area contributed by atoms with Crippen LogP contribution in [-0.2, 0) is 12.0 Å². The molecule has 0 heterocycles. The van der Waals surface area contributed by atoms with Crippen molar-refractivity contribution in [1.82, 2.24) is 0 Å². The fourth-order valence-corrected chi connectivity index (χ4v) is 4.56. The Morgan fingerprint density at radius 3 is 2.55 bits per heavy atom. The fourth-order valence-electron chi connectivity index (χ4n) is 4.56. The van der Waals surface area contributed by atoms with Gasteiger partial charge < -0.3 is 9.84 Å². The molecule has 1 saturated carbocycles. The minimum Gasteiger partial charge on any atom is -0.489 e. The van der Waals surface area contributed by atoms with Crippen LogP contribution in [0.3, 0.4) is 0 Å². The fraction of sp³-hybridized carbons (Fsp3) is 0.556. The summed E-state index contributed by atoms with van der Waals surface area (Å²) in [5, 5.41) is 10.2. The summed E-state index contributed by atoms with van der Waals surface area (Å²) in [6, 6.07) is 17.3. The van der Waals surface area contributed by atoms with Gasteiger partial charge in [-0.1, -0.05) is 88.9 Å². The smallest absolute Gasteiger partial charge is 0.123 e. The number of benzene rings is 2. The van der Waals surface area contributed by atoms with Gasteiger partial charge in [-0.3, -0.25) is 0 Å². The van der Waals surface area contributed by atoms with Crippen LogP contribution in [0.4, 0.5) is 0 Å². The predicted molar refractivity (Wildman–Crippen MR) is 122 cm³/mol. The summed E-state index contributed by atoms with van der Waals surface area (Å²) in [4.78, 5) is 0.